The molecule has 7 heteroatoms. The molecule has 7 nitrogen and oxygen atoms in total. The summed E-state index contributed by atoms with van der Waals surface area (Å²) in [5.74, 6) is -1.28. The molecule has 0 radical (unpaired) electrons. The molecule has 34 heavy (non-hydrogen) atoms. The lowest BCUT2D eigenvalue weighted by atomic mass is 9.80. The molecule has 0 aliphatic carbocycles. The lowest BCUT2D eigenvalue weighted by Gasteiger charge is -2.30. The molecule has 1 N–H and O–H groups in total. The number of rotatable bonds is 5. The van der Waals surface area contributed by atoms with Gasteiger partial charge in [-0.3, -0.25) is 4.79 Å². The van der Waals surface area contributed by atoms with Crippen LogP contribution in [0.15, 0.2) is 86.3 Å². The molecule has 0 saturated heterocycles. The van der Waals surface area contributed by atoms with E-state index in [1.54, 1.807) is 51.1 Å². The van der Waals surface area contributed by atoms with Gasteiger partial charge in [0.2, 0.25) is 0 Å². The number of nitrogens with one attached hydrogen (secondary N) is 1. The van der Waals surface area contributed by atoms with Gasteiger partial charge >= 0.3 is 11.9 Å². The highest BCUT2D eigenvalue weighted by atomic mass is 16.5. The van der Waals surface area contributed by atoms with Crippen LogP contribution in [0.5, 0.6) is 0 Å². The Kier molecular flexibility index (Phi) is 6.36. The topological polar surface area (TPSA) is 94.8 Å². The van der Waals surface area contributed by atoms with E-state index in [1.165, 1.54) is 13.2 Å². The monoisotopic (exact) mass is 459 g/mol. The fraction of sp³-hybridized carbons (Fsp3) is 0.222. The number of carbonyl (C=O) groups excluding carboxylic acids is 2. The van der Waals surface area contributed by atoms with E-state index in [0.29, 0.717) is 50.4 Å². The number of dihydropyridines is 1. The molecule has 1 aromatic heterocycles. The van der Waals surface area contributed by atoms with E-state index in [1.807, 2.05) is 18.2 Å². The first-order valence-corrected chi connectivity index (χ1v) is 10.9. The molecule has 2 aromatic carbocycles. The smallest absolute Gasteiger partial charge is 0.336 e. The highest BCUT2D eigenvalue weighted by Crippen LogP contribution is 2.39. The number of benzene rings is 2. The number of ether oxygens (including phenoxy) is 2. The molecule has 1 aliphatic rings. The third kappa shape index (κ3) is 4.12. The van der Waals surface area contributed by atoms with E-state index in [4.69, 9.17) is 13.9 Å². The Morgan fingerprint density at radius 2 is 1.62 bits per heavy atom. The summed E-state index contributed by atoms with van der Waals surface area (Å²) in [4.78, 5) is 38.1. The van der Waals surface area contributed by atoms with E-state index in [2.05, 4.69) is 5.32 Å². The van der Waals surface area contributed by atoms with Gasteiger partial charge in [-0.15, -0.1) is 0 Å². The summed E-state index contributed by atoms with van der Waals surface area (Å²) >= 11 is 0. The molecule has 4 rings (SSSR count). The van der Waals surface area contributed by atoms with Gasteiger partial charge in [0, 0.05) is 23.0 Å². The van der Waals surface area contributed by atoms with E-state index >= 15 is 0 Å². The average molecular weight is 459 g/mol. The van der Waals surface area contributed by atoms with Gasteiger partial charge in [-0.1, -0.05) is 36.4 Å². The zero-order valence-corrected chi connectivity index (χ0v) is 19.4. The fourth-order valence-electron chi connectivity index (χ4n) is 4.27. The van der Waals surface area contributed by atoms with Gasteiger partial charge in [-0.2, -0.15) is 0 Å². The molecule has 1 unspecified atom stereocenters. The van der Waals surface area contributed by atoms with Crippen LogP contribution in [0.2, 0.25) is 0 Å². The molecular weight excluding hydrogens is 434 g/mol. The number of carbonyl (C=O) groups is 2. The van der Waals surface area contributed by atoms with Crippen molar-refractivity contribution in [2.24, 2.45) is 0 Å². The van der Waals surface area contributed by atoms with Crippen LogP contribution in [0.3, 0.4) is 0 Å². The molecule has 0 amide bonds. The largest absolute Gasteiger partial charge is 0.466 e. The fourth-order valence-corrected chi connectivity index (χ4v) is 4.27. The second kappa shape index (κ2) is 9.39. The van der Waals surface area contributed by atoms with Gasteiger partial charge in [-0.05, 0) is 38.5 Å². The summed E-state index contributed by atoms with van der Waals surface area (Å²) in [6.45, 7) is 5.48. The first kappa shape index (κ1) is 23.0. The molecule has 0 saturated carbocycles. The minimum absolute atomic E-state index is 0.131. The van der Waals surface area contributed by atoms with E-state index in [9.17, 15) is 14.4 Å². The molecule has 1 aliphatic heterocycles. The van der Waals surface area contributed by atoms with Gasteiger partial charge in [0.05, 0.1) is 36.2 Å². The second-order valence-corrected chi connectivity index (χ2v) is 7.94. The maximum absolute atomic E-state index is 12.9. The van der Waals surface area contributed by atoms with Crippen molar-refractivity contribution in [3.8, 4) is 11.3 Å². The van der Waals surface area contributed by atoms with Crippen molar-refractivity contribution in [3.63, 3.8) is 0 Å². The Morgan fingerprint density at radius 3 is 2.26 bits per heavy atom. The van der Waals surface area contributed by atoms with Crippen LogP contribution in [-0.4, -0.2) is 25.7 Å². The number of hydrogen-bond donors (Lipinski definition) is 1. The van der Waals surface area contributed by atoms with E-state index in [-0.39, 0.29) is 12.0 Å². The summed E-state index contributed by atoms with van der Waals surface area (Å²) in [5, 5.41) is 3.62. The first-order chi connectivity index (χ1) is 16.3. The normalized spacial score (nSPS) is 15.8. The average Bonchev–Trinajstić information content (AvgIpc) is 2.83. The molecule has 174 valence electrons. The lowest BCUT2D eigenvalue weighted by Crippen LogP contribution is -2.32. The van der Waals surface area contributed by atoms with Crippen LogP contribution in [0.4, 0.5) is 0 Å². The van der Waals surface area contributed by atoms with E-state index in [0.717, 1.165) is 0 Å². The Bertz CT molecular complexity index is 1390. The quantitative estimate of drug-likeness (QED) is 0.564. The maximum Gasteiger partial charge on any atom is 0.336 e. The van der Waals surface area contributed by atoms with Crippen LogP contribution in [0.25, 0.3) is 22.3 Å². The second-order valence-electron chi connectivity index (χ2n) is 7.94. The highest BCUT2D eigenvalue weighted by molar-refractivity contribution is 5.99. The predicted molar refractivity (Wildman–Crippen MR) is 128 cm³/mol. The van der Waals surface area contributed by atoms with Crippen molar-refractivity contribution in [2.45, 2.75) is 26.7 Å². The minimum atomic E-state index is -0.676. The summed E-state index contributed by atoms with van der Waals surface area (Å²) in [5.41, 5.74) is 3.66. The van der Waals surface area contributed by atoms with Crippen LogP contribution in [0, 0.1) is 0 Å². The summed E-state index contributed by atoms with van der Waals surface area (Å²) < 4.78 is 16.2. The number of methoxy groups -OCH3 is 1. The number of hydrogen-bond acceptors (Lipinski definition) is 7. The molecule has 0 fully saturated rings. The van der Waals surface area contributed by atoms with Crippen molar-refractivity contribution in [3.05, 3.63) is 92.9 Å². The van der Waals surface area contributed by atoms with Crippen LogP contribution >= 0.6 is 0 Å². The Balaban J connectivity index is 1.81. The molecular formula is C27H25NO6. The maximum atomic E-state index is 12.9. The zero-order valence-electron chi connectivity index (χ0n) is 19.4. The van der Waals surface area contributed by atoms with Crippen LogP contribution < -0.4 is 10.7 Å². The van der Waals surface area contributed by atoms with Gasteiger partial charge in [0.15, 0.2) is 5.43 Å². The number of para-hydroxylation sites is 1. The SMILES string of the molecule is CCOC(=O)C1=C(C)NC(C)=C(C(=O)OC)C1c1ccc(-c2cc(=O)c3ccccc3o2)cc1. The van der Waals surface area contributed by atoms with Crippen molar-refractivity contribution in [2.75, 3.05) is 13.7 Å². The van der Waals surface area contributed by atoms with Gasteiger partial charge in [0.25, 0.3) is 0 Å². The summed E-state index contributed by atoms with van der Waals surface area (Å²) in [6, 6.07) is 15.7. The third-order valence-electron chi connectivity index (χ3n) is 5.82. The van der Waals surface area contributed by atoms with Gasteiger partial charge < -0.3 is 19.2 Å². The standard InChI is InChI=1S/C27H25NO6/c1-5-33-27(31)24-16(3)28-15(2)23(26(30)32-4)25(24)18-12-10-17(11-13-18)22-14-20(29)19-8-6-7-9-21(19)34-22/h6-14,25,28H,5H2,1-4H3. The van der Waals surface area contributed by atoms with Crippen molar-refractivity contribution in [1.29, 1.82) is 0 Å². The Hall–Kier alpha value is -4.13. The molecule has 2 heterocycles. The van der Waals surface area contributed by atoms with Gasteiger partial charge in [0.1, 0.15) is 11.3 Å². The van der Waals surface area contributed by atoms with Gasteiger partial charge in [-0.25, -0.2) is 9.59 Å². The Morgan fingerprint density at radius 1 is 0.971 bits per heavy atom. The summed E-state index contributed by atoms with van der Waals surface area (Å²) in [6.07, 6.45) is 0. The number of allylic oxidation sites excluding steroid dienone is 2. The molecule has 3 aromatic rings. The Labute approximate surface area is 196 Å². The lowest BCUT2D eigenvalue weighted by molar-refractivity contribution is -0.139. The predicted octanol–water partition coefficient (Wildman–Crippen LogP) is 4.43. The van der Waals surface area contributed by atoms with Crippen molar-refractivity contribution in [1.82, 2.24) is 5.32 Å². The summed E-state index contributed by atoms with van der Waals surface area (Å²) in [7, 11) is 1.31. The molecule has 1 atom stereocenters. The highest BCUT2D eigenvalue weighted by Gasteiger charge is 2.37. The van der Waals surface area contributed by atoms with Crippen molar-refractivity contribution >= 4 is 22.9 Å². The minimum Gasteiger partial charge on any atom is -0.466 e. The van der Waals surface area contributed by atoms with Crippen LogP contribution in [-0.2, 0) is 19.1 Å². The van der Waals surface area contributed by atoms with E-state index < -0.39 is 17.9 Å². The zero-order chi connectivity index (χ0) is 24.4. The van der Waals surface area contributed by atoms with Crippen LogP contribution in [0.1, 0.15) is 32.3 Å². The molecule has 0 spiro atoms. The number of esters is 2. The third-order valence-corrected chi connectivity index (χ3v) is 5.82. The molecule has 0 bridgehead atoms. The van der Waals surface area contributed by atoms with Crippen molar-refractivity contribution < 1.29 is 23.5 Å². The number of fused-ring (bicyclic) bond motifs is 1. The first-order valence-electron chi connectivity index (χ1n) is 10.9.